The van der Waals surface area contributed by atoms with E-state index in [0.29, 0.717) is 22.4 Å². The Bertz CT molecular complexity index is 1040. The highest BCUT2D eigenvalue weighted by Crippen LogP contribution is 2.27. The number of hydrogen-bond acceptors (Lipinski definition) is 6. The van der Waals surface area contributed by atoms with Gasteiger partial charge in [0.2, 0.25) is 5.76 Å². The van der Waals surface area contributed by atoms with Crippen molar-refractivity contribution in [1.82, 2.24) is 0 Å². The minimum atomic E-state index is -0.766. The molecule has 0 aliphatic heterocycles. The molecule has 144 valence electrons. The molecule has 0 saturated carbocycles. The van der Waals surface area contributed by atoms with E-state index < -0.39 is 18.5 Å². The van der Waals surface area contributed by atoms with E-state index in [1.165, 1.54) is 14.0 Å². The fraction of sp³-hybridized carbons (Fsp3) is 0.190. The van der Waals surface area contributed by atoms with Gasteiger partial charge in [-0.25, -0.2) is 4.79 Å². The monoisotopic (exact) mass is 381 g/mol. The van der Waals surface area contributed by atoms with Crippen LogP contribution in [0.25, 0.3) is 11.0 Å². The number of Topliss-reactive ketones (excluding diaryl/α,β-unsaturated/α-hetero) is 1. The standard InChI is InChI=1S/C21H19NO6/c1-13(23)14-7-3-5-9-17(14)22-19(24)12-27-21(25)20-16(11-26-2)15-8-4-6-10-18(15)28-20/h3-10H,11-12H2,1-2H3,(H,22,24). The number of fused-ring (bicyclic) bond motifs is 1. The third-order valence-electron chi connectivity index (χ3n) is 4.09. The molecule has 0 spiro atoms. The Balaban J connectivity index is 1.71. The van der Waals surface area contributed by atoms with E-state index in [1.54, 1.807) is 36.4 Å². The average molecular weight is 381 g/mol. The smallest absolute Gasteiger partial charge is 0.375 e. The lowest BCUT2D eigenvalue weighted by Crippen LogP contribution is -2.22. The van der Waals surface area contributed by atoms with Crippen LogP contribution < -0.4 is 5.32 Å². The van der Waals surface area contributed by atoms with Gasteiger partial charge >= 0.3 is 5.97 Å². The van der Waals surface area contributed by atoms with Crippen molar-refractivity contribution in [2.24, 2.45) is 0 Å². The molecule has 1 amide bonds. The summed E-state index contributed by atoms with van der Waals surface area (Å²) in [6.07, 6.45) is 0. The van der Waals surface area contributed by atoms with Gasteiger partial charge in [-0.3, -0.25) is 9.59 Å². The number of methoxy groups -OCH3 is 1. The van der Waals surface area contributed by atoms with Crippen molar-refractivity contribution in [3.05, 3.63) is 65.4 Å². The summed E-state index contributed by atoms with van der Waals surface area (Å²) < 4.78 is 15.8. The molecule has 0 bridgehead atoms. The summed E-state index contributed by atoms with van der Waals surface area (Å²) in [6.45, 7) is 1.05. The van der Waals surface area contributed by atoms with Gasteiger partial charge in [-0.2, -0.15) is 0 Å². The molecular formula is C21H19NO6. The van der Waals surface area contributed by atoms with Crippen LogP contribution in [-0.2, 0) is 20.9 Å². The zero-order chi connectivity index (χ0) is 20.1. The van der Waals surface area contributed by atoms with Crippen LogP contribution in [0.2, 0.25) is 0 Å². The van der Waals surface area contributed by atoms with Gasteiger partial charge in [-0.1, -0.05) is 30.3 Å². The number of carbonyl (C=O) groups excluding carboxylic acids is 3. The minimum Gasteiger partial charge on any atom is -0.450 e. The van der Waals surface area contributed by atoms with Gasteiger partial charge in [0.1, 0.15) is 5.58 Å². The van der Waals surface area contributed by atoms with E-state index in [4.69, 9.17) is 13.9 Å². The maximum atomic E-state index is 12.4. The Hall–Kier alpha value is -3.45. The topological polar surface area (TPSA) is 94.8 Å². The summed E-state index contributed by atoms with van der Waals surface area (Å²) in [5.74, 6) is -1.51. The van der Waals surface area contributed by atoms with Crippen LogP contribution in [0.4, 0.5) is 5.69 Å². The van der Waals surface area contributed by atoms with Gasteiger partial charge in [-0.05, 0) is 25.1 Å². The molecule has 3 aromatic rings. The van der Waals surface area contributed by atoms with E-state index in [9.17, 15) is 14.4 Å². The number of carbonyl (C=O) groups is 3. The quantitative estimate of drug-likeness (QED) is 0.497. The van der Waals surface area contributed by atoms with Crippen molar-refractivity contribution >= 4 is 34.3 Å². The van der Waals surface area contributed by atoms with E-state index in [1.807, 2.05) is 12.1 Å². The molecule has 1 N–H and O–H groups in total. The van der Waals surface area contributed by atoms with Crippen LogP contribution in [-0.4, -0.2) is 31.4 Å². The first-order valence-electron chi connectivity index (χ1n) is 8.57. The lowest BCUT2D eigenvalue weighted by atomic mass is 10.1. The summed E-state index contributed by atoms with van der Waals surface area (Å²) in [5, 5.41) is 3.32. The van der Waals surface area contributed by atoms with Crippen molar-refractivity contribution in [3.8, 4) is 0 Å². The number of hydrogen-bond donors (Lipinski definition) is 1. The summed E-state index contributed by atoms with van der Waals surface area (Å²) in [5.41, 5.74) is 1.83. The van der Waals surface area contributed by atoms with Crippen molar-refractivity contribution in [1.29, 1.82) is 0 Å². The third-order valence-corrected chi connectivity index (χ3v) is 4.09. The van der Waals surface area contributed by atoms with Gasteiger partial charge in [0, 0.05) is 23.6 Å². The number of rotatable bonds is 7. The number of esters is 1. The molecule has 0 aliphatic carbocycles. The van der Waals surface area contributed by atoms with Crippen LogP contribution in [0.5, 0.6) is 0 Å². The molecule has 0 aliphatic rings. The Morgan fingerprint density at radius 1 is 1.04 bits per heavy atom. The summed E-state index contributed by atoms with van der Waals surface area (Å²) >= 11 is 0. The SMILES string of the molecule is COCc1c(C(=O)OCC(=O)Nc2ccccc2C(C)=O)oc2ccccc12. The number of para-hydroxylation sites is 2. The maximum absolute atomic E-state index is 12.4. The number of anilines is 1. The molecule has 0 saturated heterocycles. The Kier molecular flexibility index (Phi) is 5.86. The zero-order valence-electron chi connectivity index (χ0n) is 15.5. The Labute approximate surface area is 161 Å². The Morgan fingerprint density at radius 2 is 1.75 bits per heavy atom. The van der Waals surface area contributed by atoms with E-state index in [-0.39, 0.29) is 18.2 Å². The first kappa shape index (κ1) is 19.3. The largest absolute Gasteiger partial charge is 0.450 e. The number of ether oxygens (including phenoxy) is 2. The fourth-order valence-electron chi connectivity index (χ4n) is 2.83. The third kappa shape index (κ3) is 4.10. The van der Waals surface area contributed by atoms with E-state index in [0.717, 1.165) is 5.39 Å². The number of benzene rings is 2. The maximum Gasteiger partial charge on any atom is 0.375 e. The lowest BCUT2D eigenvalue weighted by Gasteiger charge is -2.09. The number of ketones is 1. The molecule has 0 unspecified atom stereocenters. The molecule has 7 nitrogen and oxygen atoms in total. The summed E-state index contributed by atoms with van der Waals surface area (Å²) in [6, 6.07) is 13.8. The van der Waals surface area contributed by atoms with Crippen LogP contribution in [0, 0.1) is 0 Å². The second-order valence-corrected chi connectivity index (χ2v) is 6.06. The molecule has 1 aromatic heterocycles. The van der Waals surface area contributed by atoms with Gasteiger partial charge in [0.05, 0.1) is 12.3 Å². The highest BCUT2D eigenvalue weighted by Gasteiger charge is 2.22. The molecule has 3 rings (SSSR count). The molecule has 2 aromatic carbocycles. The van der Waals surface area contributed by atoms with Gasteiger partial charge in [0.15, 0.2) is 12.4 Å². The molecule has 1 heterocycles. The van der Waals surface area contributed by atoms with Crippen molar-refractivity contribution in [3.63, 3.8) is 0 Å². The highest BCUT2D eigenvalue weighted by molar-refractivity contribution is 6.04. The van der Waals surface area contributed by atoms with Gasteiger partial charge in [-0.15, -0.1) is 0 Å². The molecular weight excluding hydrogens is 362 g/mol. The van der Waals surface area contributed by atoms with Crippen LogP contribution >= 0.6 is 0 Å². The molecule has 0 atom stereocenters. The lowest BCUT2D eigenvalue weighted by molar-refractivity contribution is -0.119. The highest BCUT2D eigenvalue weighted by atomic mass is 16.5. The normalized spacial score (nSPS) is 10.6. The number of nitrogens with one attached hydrogen (secondary N) is 1. The summed E-state index contributed by atoms with van der Waals surface area (Å²) in [4.78, 5) is 36.2. The zero-order valence-corrected chi connectivity index (χ0v) is 15.5. The van der Waals surface area contributed by atoms with Gasteiger partial charge in [0.25, 0.3) is 5.91 Å². The molecule has 7 heteroatoms. The predicted octanol–water partition coefficient (Wildman–Crippen LogP) is 3.58. The molecule has 28 heavy (non-hydrogen) atoms. The molecule has 0 radical (unpaired) electrons. The van der Waals surface area contributed by atoms with E-state index >= 15 is 0 Å². The molecule has 0 fully saturated rings. The average Bonchev–Trinajstić information content (AvgIpc) is 3.05. The van der Waals surface area contributed by atoms with Crippen LogP contribution in [0.3, 0.4) is 0 Å². The van der Waals surface area contributed by atoms with Crippen LogP contribution in [0.15, 0.2) is 52.9 Å². The van der Waals surface area contributed by atoms with Crippen molar-refractivity contribution in [2.75, 3.05) is 19.0 Å². The fourth-order valence-corrected chi connectivity index (χ4v) is 2.83. The number of amides is 1. The second kappa shape index (κ2) is 8.49. The number of furan rings is 1. The summed E-state index contributed by atoms with van der Waals surface area (Å²) in [7, 11) is 1.51. The first-order valence-corrected chi connectivity index (χ1v) is 8.57. The van der Waals surface area contributed by atoms with Crippen molar-refractivity contribution < 1.29 is 28.3 Å². The first-order chi connectivity index (χ1) is 13.5. The minimum absolute atomic E-state index is 0.0000129. The predicted molar refractivity (Wildman–Crippen MR) is 102 cm³/mol. The second-order valence-electron chi connectivity index (χ2n) is 6.06. The van der Waals surface area contributed by atoms with E-state index in [2.05, 4.69) is 5.32 Å². The van der Waals surface area contributed by atoms with Gasteiger partial charge < -0.3 is 19.2 Å². The van der Waals surface area contributed by atoms with Crippen molar-refractivity contribution in [2.45, 2.75) is 13.5 Å². The van der Waals surface area contributed by atoms with Crippen LogP contribution in [0.1, 0.15) is 33.4 Å². The Morgan fingerprint density at radius 3 is 2.50 bits per heavy atom.